The van der Waals surface area contributed by atoms with Gasteiger partial charge < -0.3 is 16.0 Å². The zero-order valence-electron chi connectivity index (χ0n) is 12.9. The van der Waals surface area contributed by atoms with Gasteiger partial charge in [-0.25, -0.2) is 4.79 Å². The standard InChI is InChI=1S/C18H21N3O2/c19-17(22)12-14-21(13-11-15-7-3-1-4-8-15)18(23)20-16-9-5-2-6-10-16/h1-10H,11-14H2,(H2,19,22)(H,20,23). The fourth-order valence-electron chi connectivity index (χ4n) is 2.19. The number of hydrogen-bond donors (Lipinski definition) is 2. The summed E-state index contributed by atoms with van der Waals surface area (Å²) in [6.45, 7) is 0.830. The van der Waals surface area contributed by atoms with Crippen LogP contribution in [0, 0.1) is 0 Å². The van der Waals surface area contributed by atoms with Crippen LogP contribution in [0.15, 0.2) is 60.7 Å². The number of rotatable bonds is 7. The van der Waals surface area contributed by atoms with Crippen molar-refractivity contribution in [2.24, 2.45) is 5.73 Å². The maximum Gasteiger partial charge on any atom is 0.321 e. The lowest BCUT2D eigenvalue weighted by atomic mass is 10.1. The lowest BCUT2D eigenvalue weighted by molar-refractivity contribution is -0.118. The van der Waals surface area contributed by atoms with Gasteiger partial charge in [0.2, 0.25) is 5.91 Å². The summed E-state index contributed by atoms with van der Waals surface area (Å²) < 4.78 is 0. The minimum atomic E-state index is -0.415. The molecular formula is C18H21N3O2. The number of anilines is 1. The van der Waals surface area contributed by atoms with E-state index in [1.54, 1.807) is 4.90 Å². The lowest BCUT2D eigenvalue weighted by Crippen LogP contribution is -2.38. The van der Waals surface area contributed by atoms with Gasteiger partial charge in [0.25, 0.3) is 0 Å². The SMILES string of the molecule is NC(=O)CCN(CCc1ccccc1)C(=O)Nc1ccccc1. The van der Waals surface area contributed by atoms with Crippen LogP contribution < -0.4 is 11.1 Å². The van der Waals surface area contributed by atoms with Crippen LogP contribution in [0.25, 0.3) is 0 Å². The zero-order chi connectivity index (χ0) is 16.5. The van der Waals surface area contributed by atoms with Crippen molar-refractivity contribution in [3.8, 4) is 0 Å². The molecule has 0 heterocycles. The predicted molar refractivity (Wildman–Crippen MR) is 91.0 cm³/mol. The lowest BCUT2D eigenvalue weighted by Gasteiger charge is -2.22. The van der Waals surface area contributed by atoms with Crippen molar-refractivity contribution in [2.75, 3.05) is 18.4 Å². The molecule has 2 rings (SSSR count). The molecule has 0 aliphatic rings. The van der Waals surface area contributed by atoms with E-state index in [0.29, 0.717) is 13.1 Å². The van der Waals surface area contributed by atoms with Crippen LogP contribution >= 0.6 is 0 Å². The monoisotopic (exact) mass is 311 g/mol. The summed E-state index contributed by atoms with van der Waals surface area (Å²) in [5.74, 6) is -0.415. The highest BCUT2D eigenvalue weighted by atomic mass is 16.2. The van der Waals surface area contributed by atoms with Gasteiger partial charge in [0.1, 0.15) is 0 Å². The largest absolute Gasteiger partial charge is 0.370 e. The normalized spacial score (nSPS) is 10.1. The average Bonchev–Trinajstić information content (AvgIpc) is 2.56. The minimum absolute atomic E-state index is 0.150. The molecule has 0 bridgehead atoms. The molecular weight excluding hydrogens is 290 g/mol. The van der Waals surface area contributed by atoms with Crippen LogP contribution in [0.3, 0.4) is 0 Å². The molecule has 120 valence electrons. The van der Waals surface area contributed by atoms with Crippen LogP contribution in [-0.2, 0) is 11.2 Å². The summed E-state index contributed by atoms with van der Waals surface area (Å²) in [7, 11) is 0. The first kappa shape index (κ1) is 16.5. The Morgan fingerprint density at radius 3 is 2.13 bits per heavy atom. The Morgan fingerprint density at radius 2 is 1.52 bits per heavy atom. The molecule has 0 fully saturated rings. The molecule has 0 radical (unpaired) electrons. The predicted octanol–water partition coefficient (Wildman–Crippen LogP) is 2.64. The fraction of sp³-hybridized carbons (Fsp3) is 0.222. The van der Waals surface area contributed by atoms with Crippen molar-refractivity contribution < 1.29 is 9.59 Å². The van der Waals surface area contributed by atoms with E-state index in [1.807, 2.05) is 60.7 Å². The van der Waals surface area contributed by atoms with Gasteiger partial charge in [-0.3, -0.25) is 4.79 Å². The minimum Gasteiger partial charge on any atom is -0.370 e. The van der Waals surface area contributed by atoms with E-state index >= 15 is 0 Å². The van der Waals surface area contributed by atoms with E-state index in [0.717, 1.165) is 17.7 Å². The molecule has 0 atom stereocenters. The Labute approximate surface area is 136 Å². The summed E-state index contributed by atoms with van der Waals surface area (Å²) >= 11 is 0. The molecule has 0 spiro atoms. The molecule has 0 saturated carbocycles. The van der Waals surface area contributed by atoms with Crippen molar-refractivity contribution in [1.82, 2.24) is 4.90 Å². The number of nitrogens with two attached hydrogens (primary N) is 1. The van der Waals surface area contributed by atoms with Gasteiger partial charge in [-0.2, -0.15) is 0 Å². The number of carbonyl (C=O) groups is 2. The first-order chi connectivity index (χ1) is 11.1. The van der Waals surface area contributed by atoms with Crippen molar-refractivity contribution in [1.29, 1.82) is 0 Å². The van der Waals surface area contributed by atoms with Gasteiger partial charge in [0.05, 0.1) is 0 Å². The number of primary amides is 1. The molecule has 0 aliphatic heterocycles. The van der Waals surface area contributed by atoms with Crippen molar-refractivity contribution in [3.05, 3.63) is 66.2 Å². The van der Waals surface area contributed by atoms with Gasteiger partial charge in [0.15, 0.2) is 0 Å². The van der Waals surface area contributed by atoms with Crippen molar-refractivity contribution in [3.63, 3.8) is 0 Å². The number of amides is 3. The van der Waals surface area contributed by atoms with Crippen LogP contribution in [-0.4, -0.2) is 29.9 Å². The summed E-state index contributed by atoms with van der Waals surface area (Å²) in [4.78, 5) is 25.0. The summed E-state index contributed by atoms with van der Waals surface area (Å²) in [6, 6.07) is 18.9. The Kier molecular flexibility index (Phi) is 6.17. The number of para-hydroxylation sites is 1. The highest BCUT2D eigenvalue weighted by molar-refractivity contribution is 5.89. The Bertz CT molecular complexity index is 629. The Hall–Kier alpha value is -2.82. The highest BCUT2D eigenvalue weighted by Crippen LogP contribution is 2.08. The molecule has 0 unspecified atom stereocenters. The highest BCUT2D eigenvalue weighted by Gasteiger charge is 2.14. The maximum atomic E-state index is 12.4. The topological polar surface area (TPSA) is 75.4 Å². The van der Waals surface area contributed by atoms with Crippen LogP contribution in [0.2, 0.25) is 0 Å². The number of urea groups is 1. The third-order valence-corrected chi connectivity index (χ3v) is 3.45. The Balaban J connectivity index is 1.97. The number of nitrogens with zero attached hydrogens (tertiary/aromatic N) is 1. The van der Waals surface area contributed by atoms with Gasteiger partial charge in [-0.15, -0.1) is 0 Å². The molecule has 2 aromatic rings. The quantitative estimate of drug-likeness (QED) is 0.825. The van der Waals surface area contributed by atoms with Gasteiger partial charge >= 0.3 is 6.03 Å². The van der Waals surface area contributed by atoms with Crippen LogP contribution in [0.1, 0.15) is 12.0 Å². The maximum absolute atomic E-state index is 12.4. The van der Waals surface area contributed by atoms with Gasteiger partial charge in [0, 0.05) is 25.2 Å². The first-order valence-corrected chi connectivity index (χ1v) is 7.58. The third-order valence-electron chi connectivity index (χ3n) is 3.45. The van der Waals surface area contributed by atoms with E-state index in [1.165, 1.54) is 0 Å². The molecule has 2 aromatic carbocycles. The molecule has 23 heavy (non-hydrogen) atoms. The van der Waals surface area contributed by atoms with E-state index < -0.39 is 5.91 Å². The smallest absolute Gasteiger partial charge is 0.321 e. The number of hydrogen-bond acceptors (Lipinski definition) is 2. The Morgan fingerprint density at radius 1 is 0.913 bits per heavy atom. The first-order valence-electron chi connectivity index (χ1n) is 7.58. The molecule has 5 nitrogen and oxygen atoms in total. The van der Waals surface area contributed by atoms with Gasteiger partial charge in [-0.05, 0) is 24.1 Å². The fourth-order valence-corrected chi connectivity index (χ4v) is 2.19. The molecule has 0 aromatic heterocycles. The molecule has 3 N–H and O–H groups in total. The van der Waals surface area contributed by atoms with Gasteiger partial charge in [-0.1, -0.05) is 48.5 Å². The second-order valence-electron chi connectivity index (χ2n) is 5.24. The number of nitrogens with one attached hydrogen (secondary N) is 1. The third kappa shape index (κ3) is 5.82. The van der Waals surface area contributed by atoms with E-state index in [4.69, 9.17) is 5.73 Å². The van der Waals surface area contributed by atoms with E-state index in [-0.39, 0.29) is 12.5 Å². The van der Waals surface area contributed by atoms with Crippen LogP contribution in [0.5, 0.6) is 0 Å². The van der Waals surface area contributed by atoms with Crippen molar-refractivity contribution >= 4 is 17.6 Å². The molecule has 0 aliphatic carbocycles. The second kappa shape index (κ2) is 8.58. The zero-order valence-corrected chi connectivity index (χ0v) is 12.9. The van der Waals surface area contributed by atoms with Crippen LogP contribution in [0.4, 0.5) is 10.5 Å². The summed E-state index contributed by atoms with van der Waals surface area (Å²) in [6.07, 6.45) is 0.874. The average molecular weight is 311 g/mol. The van der Waals surface area contributed by atoms with Crippen molar-refractivity contribution in [2.45, 2.75) is 12.8 Å². The second-order valence-corrected chi connectivity index (χ2v) is 5.24. The molecule has 3 amide bonds. The van der Waals surface area contributed by atoms with E-state index in [9.17, 15) is 9.59 Å². The summed E-state index contributed by atoms with van der Waals surface area (Å²) in [5, 5.41) is 2.84. The number of benzene rings is 2. The number of carbonyl (C=O) groups excluding carboxylic acids is 2. The van der Waals surface area contributed by atoms with E-state index in [2.05, 4.69) is 5.32 Å². The summed E-state index contributed by atoms with van der Waals surface area (Å²) in [5.41, 5.74) is 7.07. The molecule has 5 heteroatoms. The molecule has 0 saturated heterocycles.